The molecule has 0 heterocycles. The molecule has 0 radical (unpaired) electrons. The third kappa shape index (κ3) is 3.01. The average Bonchev–Trinajstić information content (AvgIpc) is 1.75. The van der Waals surface area contributed by atoms with E-state index in [2.05, 4.69) is 0 Å². The van der Waals surface area contributed by atoms with Crippen LogP contribution < -0.4 is 0 Å². The van der Waals surface area contributed by atoms with Crippen LogP contribution in [0.1, 0.15) is 12.8 Å². The van der Waals surface area contributed by atoms with Crippen LogP contribution >= 0.6 is 11.8 Å². The van der Waals surface area contributed by atoms with Crippen molar-refractivity contribution in [2.45, 2.75) is 24.2 Å². The van der Waals surface area contributed by atoms with Crippen LogP contribution in [0.25, 0.3) is 0 Å². The molecule has 1 aliphatic rings. The zero-order valence-electron chi connectivity index (χ0n) is 6.61. The van der Waals surface area contributed by atoms with Gasteiger partial charge in [0.1, 0.15) is 0 Å². The predicted octanol–water partition coefficient (Wildman–Crippen LogP) is 0.857. The van der Waals surface area contributed by atoms with E-state index in [1.54, 1.807) is 11.8 Å². The van der Waals surface area contributed by atoms with Crippen LogP contribution in [0.3, 0.4) is 0 Å². The third-order valence-electron chi connectivity index (χ3n) is 1.70. The second kappa shape index (κ2) is 3.33. The molecule has 0 aromatic heterocycles. The minimum Gasteiger partial charge on any atom is -0.267 e. The predicted molar refractivity (Wildman–Crippen MR) is 46.3 cm³/mol. The molecule has 1 rings (SSSR count). The standard InChI is InChI=1S/C6H12O3S2/c1-10-6-3-5(4-6)9-11(2,7)8/h5-6H,3-4H2,1-2H3. The number of hydrogen-bond acceptors (Lipinski definition) is 4. The van der Waals surface area contributed by atoms with Gasteiger partial charge in [0.25, 0.3) is 10.1 Å². The van der Waals surface area contributed by atoms with E-state index < -0.39 is 10.1 Å². The fourth-order valence-corrected chi connectivity index (χ4v) is 2.50. The van der Waals surface area contributed by atoms with E-state index in [1.165, 1.54) is 0 Å². The molecule has 0 aromatic rings. The summed E-state index contributed by atoms with van der Waals surface area (Å²) in [6.07, 6.45) is 4.81. The quantitative estimate of drug-likeness (QED) is 0.628. The van der Waals surface area contributed by atoms with E-state index in [1.807, 2.05) is 6.26 Å². The Kier molecular flexibility index (Phi) is 2.83. The second-order valence-corrected chi connectivity index (χ2v) is 5.49. The highest BCUT2D eigenvalue weighted by Crippen LogP contribution is 2.32. The number of thioether (sulfide) groups is 1. The molecule has 0 bridgehead atoms. The summed E-state index contributed by atoms with van der Waals surface area (Å²) in [5.74, 6) is 0. The summed E-state index contributed by atoms with van der Waals surface area (Å²) in [5, 5.41) is 0.599. The molecular weight excluding hydrogens is 184 g/mol. The van der Waals surface area contributed by atoms with Crippen molar-refractivity contribution in [1.82, 2.24) is 0 Å². The number of hydrogen-bond donors (Lipinski definition) is 0. The summed E-state index contributed by atoms with van der Waals surface area (Å²) >= 11 is 1.77. The zero-order chi connectivity index (χ0) is 8.48. The minimum absolute atomic E-state index is 0.0533. The smallest absolute Gasteiger partial charge is 0.264 e. The van der Waals surface area contributed by atoms with Crippen LogP contribution in [-0.2, 0) is 14.3 Å². The van der Waals surface area contributed by atoms with Gasteiger partial charge in [0.15, 0.2) is 0 Å². The molecule has 1 aliphatic carbocycles. The molecule has 0 unspecified atom stereocenters. The van der Waals surface area contributed by atoms with E-state index in [0.717, 1.165) is 19.1 Å². The van der Waals surface area contributed by atoms with Crippen LogP contribution in [0.2, 0.25) is 0 Å². The van der Waals surface area contributed by atoms with Crippen molar-refractivity contribution >= 4 is 21.9 Å². The van der Waals surface area contributed by atoms with E-state index in [-0.39, 0.29) is 6.10 Å². The van der Waals surface area contributed by atoms with Gasteiger partial charge < -0.3 is 0 Å². The summed E-state index contributed by atoms with van der Waals surface area (Å²) in [5.41, 5.74) is 0. The van der Waals surface area contributed by atoms with Gasteiger partial charge in [-0.2, -0.15) is 20.2 Å². The van der Waals surface area contributed by atoms with Crippen molar-refractivity contribution in [3.05, 3.63) is 0 Å². The van der Waals surface area contributed by atoms with Crippen LogP contribution in [0.5, 0.6) is 0 Å². The second-order valence-electron chi connectivity index (χ2n) is 2.75. The molecule has 0 spiro atoms. The maximum atomic E-state index is 10.6. The van der Waals surface area contributed by atoms with Crippen molar-refractivity contribution in [3.63, 3.8) is 0 Å². The zero-order valence-corrected chi connectivity index (χ0v) is 8.24. The van der Waals surface area contributed by atoms with Gasteiger partial charge in [0, 0.05) is 5.25 Å². The monoisotopic (exact) mass is 196 g/mol. The molecule has 0 aliphatic heterocycles. The van der Waals surface area contributed by atoms with Crippen LogP contribution in [-0.4, -0.2) is 32.3 Å². The van der Waals surface area contributed by atoms with Crippen molar-refractivity contribution in [2.75, 3.05) is 12.5 Å². The highest BCUT2D eigenvalue weighted by molar-refractivity contribution is 7.99. The van der Waals surface area contributed by atoms with Crippen molar-refractivity contribution in [2.24, 2.45) is 0 Å². The molecule has 66 valence electrons. The van der Waals surface area contributed by atoms with Gasteiger partial charge in [-0.15, -0.1) is 0 Å². The Hall–Kier alpha value is 0.260. The third-order valence-corrected chi connectivity index (χ3v) is 3.37. The Morgan fingerprint density at radius 1 is 1.45 bits per heavy atom. The first-order valence-corrected chi connectivity index (χ1v) is 6.53. The lowest BCUT2D eigenvalue weighted by atomic mass is 9.96. The highest BCUT2D eigenvalue weighted by atomic mass is 32.2. The molecule has 0 saturated heterocycles. The summed E-state index contributed by atoms with van der Waals surface area (Å²) < 4.78 is 26.0. The number of rotatable bonds is 3. The van der Waals surface area contributed by atoms with Crippen molar-refractivity contribution < 1.29 is 12.6 Å². The first-order valence-electron chi connectivity index (χ1n) is 3.42. The van der Waals surface area contributed by atoms with E-state index in [4.69, 9.17) is 4.18 Å². The maximum absolute atomic E-state index is 10.6. The first-order chi connectivity index (χ1) is 5.01. The van der Waals surface area contributed by atoms with Crippen molar-refractivity contribution in [1.29, 1.82) is 0 Å². The van der Waals surface area contributed by atoms with E-state index in [0.29, 0.717) is 5.25 Å². The maximum Gasteiger partial charge on any atom is 0.264 e. The molecule has 0 atom stereocenters. The summed E-state index contributed by atoms with van der Waals surface area (Å²) in [6, 6.07) is 0. The summed E-state index contributed by atoms with van der Waals surface area (Å²) in [7, 11) is -3.23. The van der Waals surface area contributed by atoms with E-state index >= 15 is 0 Å². The Bertz CT molecular complexity index is 216. The van der Waals surface area contributed by atoms with Crippen LogP contribution in [0.15, 0.2) is 0 Å². The van der Waals surface area contributed by atoms with Crippen LogP contribution in [0.4, 0.5) is 0 Å². The van der Waals surface area contributed by atoms with Gasteiger partial charge in [0.2, 0.25) is 0 Å². The Morgan fingerprint density at radius 3 is 2.36 bits per heavy atom. The van der Waals surface area contributed by atoms with Gasteiger partial charge >= 0.3 is 0 Å². The van der Waals surface area contributed by atoms with Gasteiger partial charge in [-0.25, -0.2) is 0 Å². The highest BCUT2D eigenvalue weighted by Gasteiger charge is 2.31. The molecule has 0 N–H and O–H groups in total. The molecule has 1 saturated carbocycles. The topological polar surface area (TPSA) is 43.4 Å². The molecule has 11 heavy (non-hydrogen) atoms. The van der Waals surface area contributed by atoms with Gasteiger partial charge in [-0.3, -0.25) is 4.18 Å². The summed E-state index contributed by atoms with van der Waals surface area (Å²) in [4.78, 5) is 0. The molecule has 5 heteroatoms. The normalized spacial score (nSPS) is 31.5. The van der Waals surface area contributed by atoms with Crippen LogP contribution in [0, 0.1) is 0 Å². The van der Waals surface area contributed by atoms with Gasteiger partial charge in [-0.1, -0.05) is 0 Å². The molecule has 3 nitrogen and oxygen atoms in total. The molecule has 0 aromatic carbocycles. The van der Waals surface area contributed by atoms with Gasteiger partial charge in [0.05, 0.1) is 12.4 Å². The largest absolute Gasteiger partial charge is 0.267 e. The summed E-state index contributed by atoms with van der Waals surface area (Å²) in [6.45, 7) is 0. The Balaban J connectivity index is 2.24. The van der Waals surface area contributed by atoms with E-state index in [9.17, 15) is 8.42 Å². The fraction of sp³-hybridized carbons (Fsp3) is 1.00. The fourth-order valence-electron chi connectivity index (χ4n) is 1.04. The lowest BCUT2D eigenvalue weighted by Gasteiger charge is -2.32. The molecule has 1 fully saturated rings. The average molecular weight is 196 g/mol. The minimum atomic E-state index is -3.23. The lowest BCUT2D eigenvalue weighted by Crippen LogP contribution is -2.34. The first kappa shape index (κ1) is 9.35. The SMILES string of the molecule is CSC1CC(OS(C)(=O)=O)C1. The van der Waals surface area contributed by atoms with Crippen molar-refractivity contribution in [3.8, 4) is 0 Å². The Morgan fingerprint density at radius 2 is 2.00 bits per heavy atom. The van der Waals surface area contributed by atoms with Gasteiger partial charge in [-0.05, 0) is 19.1 Å². The Labute approximate surface area is 71.6 Å². The molecular formula is C6H12O3S2. The molecule has 0 amide bonds. The lowest BCUT2D eigenvalue weighted by molar-refractivity contribution is 0.135.